The number of hydrogen-bond donors (Lipinski definition) is 2. The first-order chi connectivity index (χ1) is 6.54. The summed E-state index contributed by atoms with van der Waals surface area (Å²) in [6, 6.07) is 0. The maximum absolute atomic E-state index is 10.6. The Morgan fingerprint density at radius 3 is 2.29 bits per heavy atom. The molecule has 0 saturated heterocycles. The van der Waals surface area contributed by atoms with Crippen LogP contribution in [0.3, 0.4) is 0 Å². The fourth-order valence-electron chi connectivity index (χ4n) is 1.70. The van der Waals surface area contributed by atoms with Crippen molar-refractivity contribution < 1.29 is 9.90 Å². The summed E-state index contributed by atoms with van der Waals surface area (Å²) in [5.41, 5.74) is 4.41. The fourth-order valence-corrected chi connectivity index (χ4v) is 1.70. The van der Waals surface area contributed by atoms with Gasteiger partial charge in [0.05, 0.1) is 5.60 Å². The highest BCUT2D eigenvalue weighted by atomic mass is 16.3. The van der Waals surface area contributed by atoms with Crippen molar-refractivity contribution in [3.63, 3.8) is 0 Å². The molecule has 0 saturated carbocycles. The summed E-state index contributed by atoms with van der Waals surface area (Å²) >= 11 is 0. The van der Waals surface area contributed by atoms with Crippen LogP contribution >= 0.6 is 0 Å². The molecule has 14 heavy (non-hydrogen) atoms. The minimum Gasteiger partial charge on any atom is -0.390 e. The maximum atomic E-state index is 10.6. The van der Waals surface area contributed by atoms with Gasteiger partial charge in [0.1, 0.15) is 0 Å². The minimum atomic E-state index is -0.667. The van der Waals surface area contributed by atoms with Crippen LogP contribution in [-0.4, -0.2) is 16.6 Å². The number of unbranched alkanes of at least 4 members (excludes halogenated alkanes) is 1. The Morgan fingerprint density at radius 1 is 1.21 bits per heavy atom. The minimum absolute atomic E-state index is 0.292. The molecule has 0 aromatic heterocycles. The summed E-state index contributed by atoms with van der Waals surface area (Å²) in [6.45, 7) is 4.14. The van der Waals surface area contributed by atoms with E-state index in [1.807, 2.05) is 6.92 Å². The number of primary amides is 1. The zero-order valence-electron chi connectivity index (χ0n) is 9.38. The van der Waals surface area contributed by atoms with E-state index in [1.54, 1.807) is 0 Å². The van der Waals surface area contributed by atoms with Gasteiger partial charge >= 0.3 is 0 Å². The van der Waals surface area contributed by atoms with Crippen LogP contribution in [0.25, 0.3) is 0 Å². The van der Waals surface area contributed by atoms with Gasteiger partial charge in [0, 0.05) is 6.42 Å². The second-order valence-corrected chi connectivity index (χ2v) is 4.04. The molecule has 0 fully saturated rings. The molecule has 0 bridgehead atoms. The zero-order valence-corrected chi connectivity index (χ0v) is 9.38. The number of nitrogens with two attached hydrogens (primary N) is 1. The van der Waals surface area contributed by atoms with E-state index in [9.17, 15) is 9.90 Å². The Bertz CT molecular complexity index is 171. The topological polar surface area (TPSA) is 63.3 Å². The highest BCUT2D eigenvalue weighted by molar-refractivity contribution is 5.73. The molecular formula is C11H23NO2. The predicted octanol–water partition coefficient (Wildman–Crippen LogP) is 1.97. The summed E-state index contributed by atoms with van der Waals surface area (Å²) < 4.78 is 0. The van der Waals surface area contributed by atoms with E-state index in [0.29, 0.717) is 12.8 Å². The Morgan fingerprint density at radius 2 is 1.86 bits per heavy atom. The molecule has 0 radical (unpaired) electrons. The first-order valence-corrected chi connectivity index (χ1v) is 5.54. The number of carbonyl (C=O) groups excluding carboxylic acids is 1. The third-order valence-electron chi connectivity index (χ3n) is 2.55. The Hall–Kier alpha value is -0.570. The molecule has 3 nitrogen and oxygen atoms in total. The molecule has 0 spiro atoms. The Kier molecular flexibility index (Phi) is 6.54. The quantitative estimate of drug-likeness (QED) is 0.630. The Labute approximate surface area is 86.7 Å². The number of amides is 1. The van der Waals surface area contributed by atoms with Gasteiger partial charge in [-0.2, -0.15) is 0 Å². The van der Waals surface area contributed by atoms with Crippen LogP contribution in [-0.2, 0) is 4.79 Å². The van der Waals surface area contributed by atoms with Crippen molar-refractivity contribution in [1.29, 1.82) is 0 Å². The van der Waals surface area contributed by atoms with E-state index in [2.05, 4.69) is 6.92 Å². The van der Waals surface area contributed by atoms with Crippen molar-refractivity contribution in [3.8, 4) is 0 Å². The van der Waals surface area contributed by atoms with Crippen molar-refractivity contribution in [2.75, 3.05) is 0 Å². The molecule has 0 aliphatic heterocycles. The van der Waals surface area contributed by atoms with E-state index < -0.39 is 5.60 Å². The van der Waals surface area contributed by atoms with E-state index in [0.717, 1.165) is 32.1 Å². The van der Waals surface area contributed by atoms with Gasteiger partial charge in [-0.3, -0.25) is 4.79 Å². The molecule has 1 unspecified atom stereocenters. The normalized spacial score (nSPS) is 15.1. The van der Waals surface area contributed by atoms with Gasteiger partial charge in [0.15, 0.2) is 0 Å². The van der Waals surface area contributed by atoms with Crippen LogP contribution in [0.5, 0.6) is 0 Å². The summed E-state index contributed by atoms with van der Waals surface area (Å²) in [7, 11) is 0. The lowest BCUT2D eigenvalue weighted by Gasteiger charge is -2.27. The first kappa shape index (κ1) is 13.4. The number of rotatable bonds is 8. The molecule has 84 valence electrons. The fraction of sp³-hybridized carbons (Fsp3) is 0.909. The highest BCUT2D eigenvalue weighted by Crippen LogP contribution is 2.25. The van der Waals surface area contributed by atoms with Gasteiger partial charge in [-0.15, -0.1) is 0 Å². The molecule has 0 aromatic carbocycles. The summed E-state index contributed by atoms with van der Waals surface area (Å²) in [4.78, 5) is 10.6. The van der Waals surface area contributed by atoms with Crippen molar-refractivity contribution in [2.45, 2.75) is 64.4 Å². The average molecular weight is 201 g/mol. The molecule has 3 heteroatoms. The van der Waals surface area contributed by atoms with Gasteiger partial charge in [0.2, 0.25) is 5.91 Å². The van der Waals surface area contributed by atoms with Crippen molar-refractivity contribution in [2.24, 2.45) is 5.73 Å². The van der Waals surface area contributed by atoms with Crippen LogP contribution in [0.4, 0.5) is 0 Å². The smallest absolute Gasteiger partial charge is 0.217 e. The predicted molar refractivity (Wildman–Crippen MR) is 57.8 cm³/mol. The molecule has 0 aromatic rings. The second-order valence-electron chi connectivity index (χ2n) is 4.04. The van der Waals surface area contributed by atoms with Gasteiger partial charge in [-0.05, 0) is 19.3 Å². The molecule has 0 aliphatic carbocycles. The summed E-state index contributed by atoms with van der Waals surface area (Å²) in [5, 5.41) is 10.2. The maximum Gasteiger partial charge on any atom is 0.217 e. The molecule has 0 aliphatic rings. The van der Waals surface area contributed by atoms with Gasteiger partial charge < -0.3 is 10.8 Å². The van der Waals surface area contributed by atoms with Crippen molar-refractivity contribution in [1.82, 2.24) is 0 Å². The SMILES string of the molecule is CCCCC(O)(CCC)CCC(N)=O. The highest BCUT2D eigenvalue weighted by Gasteiger charge is 2.25. The molecule has 1 amide bonds. The largest absolute Gasteiger partial charge is 0.390 e. The molecule has 3 N–H and O–H groups in total. The standard InChI is InChI=1S/C11H23NO2/c1-3-5-8-11(14,7-4-2)9-6-10(12)13/h14H,3-9H2,1-2H3,(H2,12,13). The van der Waals surface area contributed by atoms with Crippen LogP contribution in [0.1, 0.15) is 58.8 Å². The third kappa shape index (κ3) is 5.97. The molecule has 0 heterocycles. The van der Waals surface area contributed by atoms with Crippen LogP contribution < -0.4 is 5.73 Å². The summed E-state index contributed by atoms with van der Waals surface area (Å²) in [5.74, 6) is -0.323. The van der Waals surface area contributed by atoms with Gasteiger partial charge in [-0.1, -0.05) is 33.1 Å². The lowest BCUT2D eigenvalue weighted by molar-refractivity contribution is -0.119. The van der Waals surface area contributed by atoms with Crippen molar-refractivity contribution >= 4 is 5.91 Å². The van der Waals surface area contributed by atoms with Crippen molar-refractivity contribution in [3.05, 3.63) is 0 Å². The van der Waals surface area contributed by atoms with E-state index in [4.69, 9.17) is 5.73 Å². The summed E-state index contributed by atoms with van der Waals surface area (Å²) in [6.07, 6.45) is 5.37. The lowest BCUT2D eigenvalue weighted by Crippen LogP contribution is -2.30. The van der Waals surface area contributed by atoms with Gasteiger partial charge in [-0.25, -0.2) is 0 Å². The van der Waals surface area contributed by atoms with Gasteiger partial charge in [0.25, 0.3) is 0 Å². The molecular weight excluding hydrogens is 178 g/mol. The third-order valence-corrected chi connectivity index (χ3v) is 2.55. The number of carbonyl (C=O) groups is 1. The van der Waals surface area contributed by atoms with E-state index in [-0.39, 0.29) is 5.91 Å². The van der Waals surface area contributed by atoms with Crippen LogP contribution in [0, 0.1) is 0 Å². The van der Waals surface area contributed by atoms with E-state index >= 15 is 0 Å². The monoisotopic (exact) mass is 201 g/mol. The van der Waals surface area contributed by atoms with Crippen LogP contribution in [0.2, 0.25) is 0 Å². The zero-order chi connectivity index (χ0) is 11.0. The molecule has 0 rings (SSSR count). The lowest BCUT2D eigenvalue weighted by atomic mass is 9.87. The van der Waals surface area contributed by atoms with Crippen LogP contribution in [0.15, 0.2) is 0 Å². The van der Waals surface area contributed by atoms with E-state index in [1.165, 1.54) is 0 Å². The Balaban J connectivity index is 4.01. The second kappa shape index (κ2) is 6.82. The molecule has 1 atom stereocenters. The number of aliphatic hydroxyl groups is 1. The average Bonchev–Trinajstić information content (AvgIpc) is 2.13. The number of hydrogen-bond acceptors (Lipinski definition) is 2. The first-order valence-electron chi connectivity index (χ1n) is 5.54.